The normalized spacial score (nSPS) is 19.9. The summed E-state index contributed by atoms with van der Waals surface area (Å²) in [6.45, 7) is 0.224. The summed E-state index contributed by atoms with van der Waals surface area (Å²) >= 11 is 0. The van der Waals surface area contributed by atoms with Gasteiger partial charge in [0, 0.05) is 31.8 Å². The standard InChI is InChI=1S/C18H22N4O3/c1-21(2)16-10-19-9-15(20-16)13-4-3-5-14(8-13)17(24)22-7-6-18(25,11-22)12-23/h3-5,8-10,23,25H,6-7,11-12H2,1-2H3. The number of benzene rings is 1. The molecule has 0 bridgehead atoms. The highest BCUT2D eigenvalue weighted by Gasteiger charge is 2.37. The van der Waals surface area contributed by atoms with Crippen molar-refractivity contribution in [3.05, 3.63) is 42.2 Å². The second-order valence-corrected chi connectivity index (χ2v) is 6.60. The molecule has 1 aliphatic heterocycles. The van der Waals surface area contributed by atoms with Crippen molar-refractivity contribution in [1.29, 1.82) is 0 Å². The van der Waals surface area contributed by atoms with Crippen LogP contribution in [-0.2, 0) is 0 Å². The van der Waals surface area contributed by atoms with E-state index in [-0.39, 0.29) is 19.1 Å². The molecule has 0 spiro atoms. The lowest BCUT2D eigenvalue weighted by atomic mass is 10.1. The Morgan fingerprint density at radius 1 is 1.36 bits per heavy atom. The second-order valence-electron chi connectivity index (χ2n) is 6.60. The van der Waals surface area contributed by atoms with Crippen molar-refractivity contribution in [2.45, 2.75) is 12.0 Å². The van der Waals surface area contributed by atoms with E-state index < -0.39 is 5.60 Å². The molecule has 0 aliphatic carbocycles. The highest BCUT2D eigenvalue weighted by atomic mass is 16.3. The van der Waals surface area contributed by atoms with Crippen LogP contribution in [0.3, 0.4) is 0 Å². The van der Waals surface area contributed by atoms with Crippen LogP contribution >= 0.6 is 0 Å². The molecule has 1 saturated heterocycles. The number of aliphatic hydroxyl groups is 2. The van der Waals surface area contributed by atoms with Gasteiger partial charge in [-0.05, 0) is 18.6 Å². The fourth-order valence-electron chi connectivity index (χ4n) is 2.86. The zero-order chi connectivity index (χ0) is 18.0. The van der Waals surface area contributed by atoms with E-state index in [2.05, 4.69) is 9.97 Å². The molecule has 132 valence electrons. The third-order valence-electron chi connectivity index (χ3n) is 4.40. The Hall–Kier alpha value is -2.51. The third-order valence-corrected chi connectivity index (χ3v) is 4.40. The molecule has 1 aliphatic rings. The fraction of sp³-hybridized carbons (Fsp3) is 0.389. The number of rotatable bonds is 4. The van der Waals surface area contributed by atoms with Crippen LogP contribution in [0.25, 0.3) is 11.3 Å². The van der Waals surface area contributed by atoms with Gasteiger partial charge >= 0.3 is 0 Å². The number of nitrogens with zero attached hydrogens (tertiary/aromatic N) is 4. The van der Waals surface area contributed by atoms with Gasteiger partial charge < -0.3 is 20.0 Å². The SMILES string of the molecule is CN(C)c1cncc(-c2cccc(C(=O)N3CCC(O)(CO)C3)c2)n1. The first-order valence-electron chi connectivity index (χ1n) is 8.14. The number of aromatic nitrogens is 2. The van der Waals surface area contributed by atoms with E-state index in [0.29, 0.717) is 24.2 Å². The lowest BCUT2D eigenvalue weighted by molar-refractivity contribution is -0.00455. The Kier molecular flexibility index (Phi) is 4.69. The van der Waals surface area contributed by atoms with Crippen molar-refractivity contribution >= 4 is 11.7 Å². The van der Waals surface area contributed by atoms with Gasteiger partial charge in [0.05, 0.1) is 31.2 Å². The van der Waals surface area contributed by atoms with Gasteiger partial charge in [-0.25, -0.2) is 4.98 Å². The van der Waals surface area contributed by atoms with E-state index in [4.69, 9.17) is 0 Å². The van der Waals surface area contributed by atoms with Crippen molar-refractivity contribution in [2.75, 3.05) is 38.7 Å². The number of likely N-dealkylation sites (tertiary alicyclic amines) is 1. The van der Waals surface area contributed by atoms with Gasteiger partial charge in [0.2, 0.25) is 0 Å². The first kappa shape index (κ1) is 17.3. The summed E-state index contributed by atoms with van der Waals surface area (Å²) in [5.74, 6) is 0.574. The molecule has 1 unspecified atom stereocenters. The van der Waals surface area contributed by atoms with E-state index in [1.165, 1.54) is 0 Å². The summed E-state index contributed by atoms with van der Waals surface area (Å²) in [6, 6.07) is 7.21. The van der Waals surface area contributed by atoms with Crippen molar-refractivity contribution in [1.82, 2.24) is 14.9 Å². The van der Waals surface area contributed by atoms with Crippen molar-refractivity contribution < 1.29 is 15.0 Å². The number of β-amino-alcohol motifs (C(OH)–C–C–N with tert-alkyl or cyclic N) is 1. The molecule has 2 N–H and O–H groups in total. The highest BCUT2D eigenvalue weighted by Crippen LogP contribution is 2.24. The number of anilines is 1. The number of hydrogen-bond donors (Lipinski definition) is 2. The zero-order valence-corrected chi connectivity index (χ0v) is 14.4. The number of aliphatic hydroxyl groups excluding tert-OH is 1. The van der Waals surface area contributed by atoms with Gasteiger partial charge in [0.25, 0.3) is 5.91 Å². The third kappa shape index (κ3) is 3.62. The van der Waals surface area contributed by atoms with Crippen LogP contribution in [0.4, 0.5) is 5.82 Å². The van der Waals surface area contributed by atoms with Gasteiger partial charge in [-0.1, -0.05) is 12.1 Å². The van der Waals surface area contributed by atoms with Gasteiger partial charge in [-0.15, -0.1) is 0 Å². The number of hydrogen-bond acceptors (Lipinski definition) is 6. The van der Waals surface area contributed by atoms with E-state index in [0.717, 1.165) is 11.4 Å². The summed E-state index contributed by atoms with van der Waals surface area (Å²) in [6.07, 6.45) is 3.72. The summed E-state index contributed by atoms with van der Waals surface area (Å²) in [4.78, 5) is 24.9. The zero-order valence-electron chi connectivity index (χ0n) is 14.4. The van der Waals surface area contributed by atoms with Crippen LogP contribution in [0.15, 0.2) is 36.7 Å². The molecular formula is C18H22N4O3. The summed E-state index contributed by atoms with van der Waals surface area (Å²) in [7, 11) is 3.78. The molecule has 2 aromatic rings. The molecule has 1 amide bonds. The maximum atomic E-state index is 12.7. The number of carbonyl (C=O) groups excluding carboxylic acids is 1. The van der Waals surface area contributed by atoms with Crippen LogP contribution < -0.4 is 4.90 Å². The maximum Gasteiger partial charge on any atom is 0.253 e. The van der Waals surface area contributed by atoms with Crippen LogP contribution in [0.1, 0.15) is 16.8 Å². The monoisotopic (exact) mass is 342 g/mol. The number of amides is 1. The minimum atomic E-state index is -1.20. The summed E-state index contributed by atoms with van der Waals surface area (Å²) in [5, 5.41) is 19.4. The minimum Gasteiger partial charge on any atom is -0.393 e. The Balaban J connectivity index is 1.85. The van der Waals surface area contributed by atoms with E-state index >= 15 is 0 Å². The molecule has 0 saturated carbocycles. The van der Waals surface area contributed by atoms with Gasteiger partial charge in [-0.2, -0.15) is 0 Å². The highest BCUT2D eigenvalue weighted by molar-refractivity contribution is 5.95. The van der Waals surface area contributed by atoms with Gasteiger partial charge in [0.1, 0.15) is 11.4 Å². The molecule has 7 nitrogen and oxygen atoms in total. The predicted molar refractivity (Wildman–Crippen MR) is 94.4 cm³/mol. The maximum absolute atomic E-state index is 12.7. The topological polar surface area (TPSA) is 89.8 Å². The van der Waals surface area contributed by atoms with Crippen LogP contribution in [-0.4, -0.2) is 70.4 Å². The molecule has 25 heavy (non-hydrogen) atoms. The Morgan fingerprint density at radius 3 is 2.84 bits per heavy atom. The first-order valence-corrected chi connectivity index (χ1v) is 8.14. The average Bonchev–Trinajstić information content (AvgIpc) is 3.04. The predicted octanol–water partition coefficient (Wildman–Crippen LogP) is 0.779. The molecule has 3 rings (SSSR count). The smallest absolute Gasteiger partial charge is 0.253 e. The quantitative estimate of drug-likeness (QED) is 0.853. The van der Waals surface area contributed by atoms with Gasteiger partial charge in [0.15, 0.2) is 0 Å². The first-order chi connectivity index (χ1) is 11.9. The van der Waals surface area contributed by atoms with Crippen LogP contribution in [0, 0.1) is 0 Å². The molecule has 7 heteroatoms. The molecule has 1 aromatic carbocycles. The molecule has 1 aromatic heterocycles. The summed E-state index contributed by atoms with van der Waals surface area (Å²) < 4.78 is 0. The van der Waals surface area contributed by atoms with Crippen molar-refractivity contribution in [3.63, 3.8) is 0 Å². The molecule has 1 fully saturated rings. The Bertz CT molecular complexity index is 780. The lowest BCUT2D eigenvalue weighted by Crippen LogP contribution is -2.38. The molecule has 0 radical (unpaired) electrons. The number of carbonyl (C=O) groups is 1. The second kappa shape index (κ2) is 6.78. The van der Waals surface area contributed by atoms with Crippen LogP contribution in [0.2, 0.25) is 0 Å². The molecule has 2 heterocycles. The molecular weight excluding hydrogens is 320 g/mol. The molecule has 1 atom stereocenters. The average molecular weight is 342 g/mol. The van der Waals surface area contributed by atoms with E-state index in [1.807, 2.05) is 25.1 Å². The van der Waals surface area contributed by atoms with Gasteiger partial charge in [-0.3, -0.25) is 9.78 Å². The van der Waals surface area contributed by atoms with E-state index in [1.54, 1.807) is 35.5 Å². The Labute approximate surface area is 146 Å². The van der Waals surface area contributed by atoms with E-state index in [9.17, 15) is 15.0 Å². The minimum absolute atomic E-state index is 0.141. The van der Waals surface area contributed by atoms with Crippen molar-refractivity contribution in [2.24, 2.45) is 0 Å². The van der Waals surface area contributed by atoms with Crippen LogP contribution in [0.5, 0.6) is 0 Å². The summed E-state index contributed by atoms with van der Waals surface area (Å²) in [5.41, 5.74) is 0.822. The largest absolute Gasteiger partial charge is 0.393 e. The van der Waals surface area contributed by atoms with Crippen molar-refractivity contribution in [3.8, 4) is 11.3 Å². The lowest BCUT2D eigenvalue weighted by Gasteiger charge is -2.21. The Morgan fingerprint density at radius 2 is 2.16 bits per heavy atom. The fourth-order valence-corrected chi connectivity index (χ4v) is 2.86.